The Hall–Kier alpha value is -2.94. The zero-order chi connectivity index (χ0) is 23.9. The maximum absolute atomic E-state index is 13.7. The van der Waals surface area contributed by atoms with E-state index in [1.54, 1.807) is 13.8 Å². The summed E-state index contributed by atoms with van der Waals surface area (Å²) in [6.07, 6.45) is 1.31. The molecular weight excluding hydrogens is 433 g/mol. The molecular formula is C23H30FN3O4S. The van der Waals surface area contributed by atoms with Gasteiger partial charge in [0, 0.05) is 13.1 Å². The summed E-state index contributed by atoms with van der Waals surface area (Å²) in [6, 6.07) is 11.7. The van der Waals surface area contributed by atoms with Crippen molar-refractivity contribution in [1.82, 2.24) is 10.2 Å². The van der Waals surface area contributed by atoms with Crippen LogP contribution < -0.4 is 9.62 Å². The average Bonchev–Trinajstić information content (AvgIpc) is 2.72. The van der Waals surface area contributed by atoms with Crippen molar-refractivity contribution in [3.63, 3.8) is 0 Å². The maximum atomic E-state index is 13.7. The molecule has 0 aliphatic carbocycles. The zero-order valence-electron chi connectivity index (χ0n) is 18.8. The van der Waals surface area contributed by atoms with E-state index in [0.717, 1.165) is 27.8 Å². The molecule has 0 spiro atoms. The minimum Gasteiger partial charge on any atom is -0.355 e. The summed E-state index contributed by atoms with van der Waals surface area (Å²) in [5.74, 6) is -1.48. The molecule has 0 fully saturated rings. The number of carbonyl (C=O) groups excluding carboxylic acids is 2. The van der Waals surface area contributed by atoms with Crippen LogP contribution in [-0.4, -0.2) is 50.5 Å². The molecule has 0 aromatic heterocycles. The van der Waals surface area contributed by atoms with E-state index in [0.29, 0.717) is 13.0 Å². The summed E-state index contributed by atoms with van der Waals surface area (Å²) >= 11 is 0. The van der Waals surface area contributed by atoms with Gasteiger partial charge in [-0.3, -0.25) is 13.9 Å². The van der Waals surface area contributed by atoms with Crippen LogP contribution in [0, 0.1) is 12.7 Å². The molecule has 174 valence electrons. The van der Waals surface area contributed by atoms with Gasteiger partial charge in [-0.1, -0.05) is 37.3 Å². The summed E-state index contributed by atoms with van der Waals surface area (Å²) in [6.45, 7) is 5.47. The molecule has 0 heterocycles. The second kappa shape index (κ2) is 11.1. The summed E-state index contributed by atoms with van der Waals surface area (Å²) in [5.41, 5.74) is 1.84. The van der Waals surface area contributed by atoms with E-state index in [9.17, 15) is 22.4 Å². The second-order valence-electron chi connectivity index (χ2n) is 7.52. The highest BCUT2D eigenvalue weighted by Crippen LogP contribution is 2.21. The Kier molecular flexibility index (Phi) is 8.77. The molecule has 2 rings (SSSR count). The SMILES string of the molecule is CCNC(=O)[C@@H](CC)N(Cc1ccccc1C)C(=O)CN(c1cccc(F)c1)S(C)(=O)=O. The van der Waals surface area contributed by atoms with Gasteiger partial charge in [0.15, 0.2) is 0 Å². The molecule has 7 nitrogen and oxygen atoms in total. The standard InChI is InChI=1S/C23H30FN3O4S/c1-5-21(23(29)25-6-2)26(15-18-11-8-7-10-17(18)3)22(28)16-27(32(4,30)31)20-13-9-12-19(24)14-20/h7-14,21H,5-6,15-16H2,1-4H3,(H,25,29)/t21-/m1/s1. The van der Waals surface area contributed by atoms with Crippen LogP contribution in [0.2, 0.25) is 0 Å². The normalized spacial score (nSPS) is 12.2. The summed E-state index contributed by atoms with van der Waals surface area (Å²) < 4.78 is 39.5. The van der Waals surface area contributed by atoms with Gasteiger partial charge in [-0.15, -0.1) is 0 Å². The highest BCUT2D eigenvalue weighted by atomic mass is 32.2. The molecule has 0 saturated carbocycles. The third-order valence-corrected chi connectivity index (χ3v) is 6.25. The van der Waals surface area contributed by atoms with Crippen LogP contribution in [0.4, 0.5) is 10.1 Å². The van der Waals surface area contributed by atoms with Gasteiger partial charge >= 0.3 is 0 Å². The molecule has 1 N–H and O–H groups in total. The van der Waals surface area contributed by atoms with Gasteiger partial charge in [0.2, 0.25) is 21.8 Å². The van der Waals surface area contributed by atoms with Crippen molar-refractivity contribution < 1.29 is 22.4 Å². The fourth-order valence-electron chi connectivity index (χ4n) is 3.43. The van der Waals surface area contributed by atoms with Crippen molar-refractivity contribution >= 4 is 27.5 Å². The molecule has 0 saturated heterocycles. The lowest BCUT2D eigenvalue weighted by atomic mass is 10.1. The summed E-state index contributed by atoms with van der Waals surface area (Å²) in [5, 5.41) is 2.74. The number of nitrogens with zero attached hydrogens (tertiary/aromatic N) is 2. The lowest BCUT2D eigenvalue weighted by Crippen LogP contribution is -2.52. The summed E-state index contributed by atoms with van der Waals surface area (Å²) in [7, 11) is -3.89. The van der Waals surface area contributed by atoms with Crippen LogP contribution in [0.5, 0.6) is 0 Å². The zero-order valence-corrected chi connectivity index (χ0v) is 19.7. The minimum atomic E-state index is -3.89. The maximum Gasteiger partial charge on any atom is 0.244 e. The highest BCUT2D eigenvalue weighted by molar-refractivity contribution is 7.92. The number of anilines is 1. The Morgan fingerprint density at radius 1 is 1.09 bits per heavy atom. The molecule has 32 heavy (non-hydrogen) atoms. The fourth-order valence-corrected chi connectivity index (χ4v) is 4.27. The van der Waals surface area contributed by atoms with Gasteiger partial charge in [-0.25, -0.2) is 12.8 Å². The first kappa shape index (κ1) is 25.3. The molecule has 9 heteroatoms. The monoisotopic (exact) mass is 463 g/mol. The first-order valence-electron chi connectivity index (χ1n) is 10.4. The van der Waals surface area contributed by atoms with E-state index in [1.165, 1.54) is 23.1 Å². The number of hydrogen-bond donors (Lipinski definition) is 1. The highest BCUT2D eigenvalue weighted by Gasteiger charge is 2.31. The van der Waals surface area contributed by atoms with Crippen molar-refractivity contribution in [2.75, 3.05) is 23.7 Å². The van der Waals surface area contributed by atoms with E-state index in [2.05, 4.69) is 5.32 Å². The van der Waals surface area contributed by atoms with Crippen LogP contribution in [0.3, 0.4) is 0 Å². The lowest BCUT2D eigenvalue weighted by molar-refractivity contribution is -0.140. The Morgan fingerprint density at radius 3 is 2.34 bits per heavy atom. The number of sulfonamides is 1. The van der Waals surface area contributed by atoms with Gasteiger partial charge in [-0.05, 0) is 49.6 Å². The number of benzene rings is 2. The third-order valence-electron chi connectivity index (χ3n) is 5.11. The lowest BCUT2D eigenvalue weighted by Gasteiger charge is -2.33. The molecule has 2 aromatic rings. The first-order chi connectivity index (χ1) is 15.1. The van der Waals surface area contributed by atoms with Crippen LogP contribution in [0.15, 0.2) is 48.5 Å². The fraction of sp³-hybridized carbons (Fsp3) is 0.391. The number of rotatable bonds is 10. The van der Waals surface area contributed by atoms with E-state index in [-0.39, 0.29) is 18.1 Å². The van der Waals surface area contributed by atoms with Crippen LogP contribution in [-0.2, 0) is 26.2 Å². The van der Waals surface area contributed by atoms with E-state index in [4.69, 9.17) is 0 Å². The molecule has 0 unspecified atom stereocenters. The third kappa shape index (κ3) is 6.53. The summed E-state index contributed by atoms with van der Waals surface area (Å²) in [4.78, 5) is 27.5. The smallest absolute Gasteiger partial charge is 0.244 e. The number of aryl methyl sites for hydroxylation is 1. The molecule has 0 radical (unpaired) electrons. The number of amides is 2. The van der Waals surface area contributed by atoms with Gasteiger partial charge in [0.25, 0.3) is 0 Å². The molecule has 0 aliphatic heterocycles. The van der Waals surface area contributed by atoms with Gasteiger partial charge < -0.3 is 10.2 Å². The van der Waals surface area contributed by atoms with Gasteiger partial charge in [-0.2, -0.15) is 0 Å². The van der Waals surface area contributed by atoms with Crippen molar-refractivity contribution in [1.29, 1.82) is 0 Å². The minimum absolute atomic E-state index is 0.0442. The number of likely N-dealkylation sites (N-methyl/N-ethyl adjacent to an activating group) is 1. The largest absolute Gasteiger partial charge is 0.355 e. The Morgan fingerprint density at radius 2 is 1.78 bits per heavy atom. The molecule has 2 amide bonds. The Labute approximate surface area is 189 Å². The molecule has 1 atom stereocenters. The number of hydrogen-bond acceptors (Lipinski definition) is 4. The Balaban J connectivity index is 2.45. The van der Waals surface area contributed by atoms with E-state index < -0.39 is 34.3 Å². The van der Waals surface area contributed by atoms with Crippen molar-refractivity contribution in [2.24, 2.45) is 0 Å². The predicted octanol–water partition coefficient (Wildman–Crippen LogP) is 2.84. The topological polar surface area (TPSA) is 86.8 Å². The number of halogens is 1. The van der Waals surface area contributed by atoms with Gasteiger partial charge in [0.05, 0.1) is 11.9 Å². The van der Waals surface area contributed by atoms with Crippen molar-refractivity contribution in [2.45, 2.75) is 39.8 Å². The van der Waals surface area contributed by atoms with Crippen LogP contribution in [0.25, 0.3) is 0 Å². The van der Waals surface area contributed by atoms with Crippen LogP contribution in [0.1, 0.15) is 31.4 Å². The van der Waals surface area contributed by atoms with Crippen molar-refractivity contribution in [3.8, 4) is 0 Å². The molecule has 0 aliphatic rings. The molecule has 2 aromatic carbocycles. The number of nitrogens with one attached hydrogen (secondary N) is 1. The molecule has 0 bridgehead atoms. The van der Waals surface area contributed by atoms with E-state index >= 15 is 0 Å². The van der Waals surface area contributed by atoms with E-state index in [1.807, 2.05) is 31.2 Å². The van der Waals surface area contributed by atoms with Crippen molar-refractivity contribution in [3.05, 3.63) is 65.5 Å². The van der Waals surface area contributed by atoms with Gasteiger partial charge in [0.1, 0.15) is 18.4 Å². The first-order valence-corrected chi connectivity index (χ1v) is 12.3. The second-order valence-corrected chi connectivity index (χ2v) is 9.42. The Bertz CT molecular complexity index is 1060. The van der Waals surface area contributed by atoms with Crippen LogP contribution >= 0.6 is 0 Å². The predicted molar refractivity (Wildman–Crippen MR) is 123 cm³/mol. The number of carbonyl (C=O) groups is 2. The average molecular weight is 464 g/mol. The quantitative estimate of drug-likeness (QED) is 0.587.